The predicted molar refractivity (Wildman–Crippen MR) is 90.9 cm³/mol. The number of carbonyl (C=O) groups is 3. The summed E-state index contributed by atoms with van der Waals surface area (Å²) in [6, 6.07) is 6.72. The fourth-order valence-corrected chi connectivity index (χ4v) is 2.58. The van der Waals surface area contributed by atoms with Crippen LogP contribution in [-0.2, 0) is 20.8 Å². The molecule has 0 aliphatic carbocycles. The number of methoxy groups -OCH3 is 1. The fraction of sp³-hybridized carbons (Fsp3) is 0.188. The van der Waals surface area contributed by atoms with Crippen molar-refractivity contribution in [2.45, 2.75) is 6.54 Å². The number of rotatable bonds is 7. The number of carbonyl (C=O) groups excluding carboxylic acids is 3. The zero-order valence-corrected chi connectivity index (χ0v) is 14.4. The monoisotopic (exact) mass is 378 g/mol. The first kappa shape index (κ1) is 19.1. The van der Waals surface area contributed by atoms with Gasteiger partial charge >= 0.3 is 11.9 Å². The predicted octanol–water partition coefficient (Wildman–Crippen LogP) is 1.92. The minimum atomic E-state index is -0.967. The Labute approximate surface area is 151 Å². The SMILES string of the molecule is COC(=O)c1cc(C(=O)OCC(=O)NCc2cccs2)cc([N+](=O)[O-])c1. The average molecular weight is 378 g/mol. The summed E-state index contributed by atoms with van der Waals surface area (Å²) >= 11 is 1.47. The van der Waals surface area contributed by atoms with Gasteiger partial charge in [-0.1, -0.05) is 6.07 Å². The van der Waals surface area contributed by atoms with Gasteiger partial charge in [-0.3, -0.25) is 14.9 Å². The molecule has 26 heavy (non-hydrogen) atoms. The molecule has 1 amide bonds. The molecule has 136 valence electrons. The molecule has 0 saturated heterocycles. The summed E-state index contributed by atoms with van der Waals surface area (Å²) < 4.78 is 9.34. The van der Waals surface area contributed by atoms with Crippen LogP contribution < -0.4 is 5.32 Å². The van der Waals surface area contributed by atoms with E-state index in [0.29, 0.717) is 6.54 Å². The summed E-state index contributed by atoms with van der Waals surface area (Å²) in [7, 11) is 1.11. The van der Waals surface area contributed by atoms with Crippen LogP contribution >= 0.6 is 11.3 Å². The van der Waals surface area contributed by atoms with E-state index in [1.54, 1.807) is 0 Å². The van der Waals surface area contributed by atoms with E-state index in [1.807, 2.05) is 17.5 Å². The number of esters is 2. The number of ether oxygens (including phenoxy) is 2. The molecule has 1 aromatic carbocycles. The van der Waals surface area contributed by atoms with E-state index in [2.05, 4.69) is 10.1 Å². The van der Waals surface area contributed by atoms with Crippen molar-refractivity contribution in [1.82, 2.24) is 5.32 Å². The minimum Gasteiger partial charge on any atom is -0.465 e. The Morgan fingerprint density at radius 1 is 1.19 bits per heavy atom. The highest BCUT2D eigenvalue weighted by Gasteiger charge is 2.19. The minimum absolute atomic E-state index is 0.171. The van der Waals surface area contributed by atoms with Gasteiger partial charge in [0.25, 0.3) is 11.6 Å². The van der Waals surface area contributed by atoms with Crippen molar-refractivity contribution in [3.63, 3.8) is 0 Å². The largest absolute Gasteiger partial charge is 0.465 e. The van der Waals surface area contributed by atoms with Crippen LogP contribution in [0.4, 0.5) is 5.69 Å². The maximum Gasteiger partial charge on any atom is 0.338 e. The van der Waals surface area contributed by atoms with Crippen LogP contribution in [0.25, 0.3) is 0 Å². The first-order chi connectivity index (χ1) is 12.4. The van der Waals surface area contributed by atoms with Crippen LogP contribution in [-0.4, -0.2) is 36.5 Å². The molecular weight excluding hydrogens is 364 g/mol. The lowest BCUT2D eigenvalue weighted by Gasteiger charge is -2.07. The third-order valence-electron chi connectivity index (χ3n) is 3.16. The van der Waals surface area contributed by atoms with E-state index in [4.69, 9.17) is 4.74 Å². The highest BCUT2D eigenvalue weighted by molar-refractivity contribution is 7.09. The lowest BCUT2D eigenvalue weighted by atomic mass is 10.1. The maximum absolute atomic E-state index is 12.0. The summed E-state index contributed by atoms with van der Waals surface area (Å²) in [4.78, 5) is 46.4. The molecule has 2 aromatic rings. The second kappa shape index (κ2) is 8.72. The molecular formula is C16H14N2O7S. The number of hydrogen-bond acceptors (Lipinski definition) is 8. The van der Waals surface area contributed by atoms with Crippen molar-refractivity contribution in [2.24, 2.45) is 0 Å². The highest BCUT2D eigenvalue weighted by Crippen LogP contribution is 2.19. The molecule has 0 spiro atoms. The van der Waals surface area contributed by atoms with E-state index in [9.17, 15) is 24.5 Å². The molecule has 1 aromatic heterocycles. The van der Waals surface area contributed by atoms with E-state index < -0.39 is 35.1 Å². The van der Waals surface area contributed by atoms with Gasteiger partial charge in [-0.2, -0.15) is 0 Å². The van der Waals surface area contributed by atoms with Crippen LogP contribution in [0.1, 0.15) is 25.6 Å². The molecule has 0 fully saturated rings. The Kier molecular flexibility index (Phi) is 6.39. The summed E-state index contributed by atoms with van der Waals surface area (Å²) in [5.41, 5.74) is -0.872. The second-order valence-corrected chi connectivity index (χ2v) is 5.98. The topological polar surface area (TPSA) is 125 Å². The van der Waals surface area contributed by atoms with Crippen molar-refractivity contribution in [2.75, 3.05) is 13.7 Å². The third kappa shape index (κ3) is 5.11. The molecule has 0 atom stereocenters. The molecule has 9 nitrogen and oxygen atoms in total. The standard InChI is InChI=1S/C16H14N2O7S/c1-24-15(20)10-5-11(7-12(6-10)18(22)23)16(21)25-9-14(19)17-8-13-3-2-4-26-13/h2-7H,8-9H2,1H3,(H,17,19). The van der Waals surface area contributed by atoms with Crippen LogP contribution in [0.2, 0.25) is 0 Å². The number of thiophene rings is 1. The van der Waals surface area contributed by atoms with Gasteiger partial charge in [0.1, 0.15) is 0 Å². The number of benzene rings is 1. The highest BCUT2D eigenvalue weighted by atomic mass is 32.1. The molecule has 0 aliphatic rings. The van der Waals surface area contributed by atoms with Gasteiger partial charge in [0.15, 0.2) is 6.61 Å². The number of amides is 1. The van der Waals surface area contributed by atoms with Gasteiger partial charge in [0.2, 0.25) is 0 Å². The smallest absolute Gasteiger partial charge is 0.338 e. The molecule has 1 heterocycles. The van der Waals surface area contributed by atoms with E-state index in [-0.39, 0.29) is 11.1 Å². The molecule has 0 aliphatic heterocycles. The molecule has 0 bridgehead atoms. The maximum atomic E-state index is 12.0. The van der Waals surface area contributed by atoms with Gasteiger partial charge < -0.3 is 14.8 Å². The number of nitro benzene ring substituents is 1. The van der Waals surface area contributed by atoms with Gasteiger partial charge in [-0.15, -0.1) is 11.3 Å². The van der Waals surface area contributed by atoms with E-state index in [1.165, 1.54) is 11.3 Å². The van der Waals surface area contributed by atoms with Crippen molar-refractivity contribution in [3.8, 4) is 0 Å². The molecule has 0 radical (unpaired) electrons. The van der Waals surface area contributed by atoms with Gasteiger partial charge in [0.05, 0.1) is 29.7 Å². The number of non-ortho nitro benzene ring substituents is 1. The number of hydrogen-bond donors (Lipinski definition) is 1. The Morgan fingerprint density at radius 3 is 2.46 bits per heavy atom. The number of nitrogens with zero attached hydrogens (tertiary/aromatic N) is 1. The Hall–Kier alpha value is -3.27. The Balaban J connectivity index is 2.01. The quantitative estimate of drug-likeness (QED) is 0.443. The first-order valence-electron chi connectivity index (χ1n) is 7.24. The Morgan fingerprint density at radius 2 is 1.88 bits per heavy atom. The molecule has 10 heteroatoms. The van der Waals surface area contributed by atoms with Gasteiger partial charge in [-0.05, 0) is 17.5 Å². The molecule has 1 N–H and O–H groups in total. The molecule has 0 unspecified atom stereocenters. The van der Waals surface area contributed by atoms with Gasteiger partial charge in [0, 0.05) is 17.0 Å². The van der Waals surface area contributed by atoms with Crippen LogP contribution in [0.3, 0.4) is 0 Å². The number of nitrogens with one attached hydrogen (secondary N) is 1. The van der Waals surface area contributed by atoms with Crippen molar-refractivity contribution in [1.29, 1.82) is 0 Å². The van der Waals surface area contributed by atoms with Crippen molar-refractivity contribution < 1.29 is 28.8 Å². The zero-order valence-electron chi connectivity index (χ0n) is 13.6. The van der Waals surface area contributed by atoms with Crippen LogP contribution in [0, 0.1) is 10.1 Å². The van der Waals surface area contributed by atoms with E-state index >= 15 is 0 Å². The summed E-state index contributed by atoms with van der Waals surface area (Å²) in [6.45, 7) is -0.252. The summed E-state index contributed by atoms with van der Waals surface area (Å²) in [5.74, 6) is -2.33. The van der Waals surface area contributed by atoms with Crippen LogP contribution in [0.5, 0.6) is 0 Å². The second-order valence-electron chi connectivity index (χ2n) is 4.95. The average Bonchev–Trinajstić information content (AvgIpc) is 3.16. The lowest BCUT2D eigenvalue weighted by molar-refractivity contribution is -0.384. The van der Waals surface area contributed by atoms with Crippen molar-refractivity contribution >= 4 is 34.9 Å². The first-order valence-corrected chi connectivity index (χ1v) is 8.12. The Bertz CT molecular complexity index is 833. The van der Waals surface area contributed by atoms with E-state index in [0.717, 1.165) is 30.2 Å². The fourth-order valence-electron chi connectivity index (χ4n) is 1.93. The third-order valence-corrected chi connectivity index (χ3v) is 4.04. The van der Waals surface area contributed by atoms with Gasteiger partial charge in [-0.25, -0.2) is 9.59 Å². The van der Waals surface area contributed by atoms with Crippen LogP contribution in [0.15, 0.2) is 35.7 Å². The summed E-state index contributed by atoms with van der Waals surface area (Å²) in [6.07, 6.45) is 0. The van der Waals surface area contributed by atoms with Crippen molar-refractivity contribution in [3.05, 3.63) is 61.8 Å². The number of nitro groups is 1. The normalized spacial score (nSPS) is 10.0. The summed E-state index contributed by atoms with van der Waals surface area (Å²) in [5, 5.41) is 15.4. The molecule has 2 rings (SSSR count). The molecule has 0 saturated carbocycles. The lowest BCUT2D eigenvalue weighted by Crippen LogP contribution is -2.28. The zero-order chi connectivity index (χ0) is 19.1.